The van der Waals surface area contributed by atoms with Crippen LogP contribution in [0.4, 0.5) is 5.69 Å². The van der Waals surface area contributed by atoms with Crippen LogP contribution in [0, 0.1) is 17.0 Å². The van der Waals surface area contributed by atoms with Crippen LogP contribution in [0.2, 0.25) is 5.02 Å². The Labute approximate surface area is 129 Å². The normalized spacial score (nSPS) is 12.8. The van der Waals surface area contributed by atoms with Crippen LogP contribution >= 0.6 is 11.6 Å². The van der Waals surface area contributed by atoms with Crippen LogP contribution < -0.4 is 0 Å². The van der Waals surface area contributed by atoms with Crippen LogP contribution in [0.25, 0.3) is 0 Å². The average molecular weight is 318 g/mol. The maximum atomic E-state index is 12.5. The van der Waals surface area contributed by atoms with E-state index in [2.05, 4.69) is 0 Å². The molecule has 0 fully saturated rings. The summed E-state index contributed by atoms with van der Waals surface area (Å²) in [7, 11) is 0. The van der Waals surface area contributed by atoms with Gasteiger partial charge in [0.1, 0.15) is 0 Å². The number of ketones is 2. The number of carbonyl (C=O) groups excluding carboxylic acids is 2. The van der Waals surface area contributed by atoms with E-state index < -0.39 is 33.5 Å². The first-order valence-corrected chi connectivity index (χ1v) is 6.61. The predicted octanol–water partition coefficient (Wildman–Crippen LogP) is 3.04. The first kappa shape index (κ1) is 14.2. The molecule has 0 heterocycles. The number of fused-ring (bicyclic) bond motifs is 2. The molecule has 1 aliphatic carbocycles. The quantitative estimate of drug-likeness (QED) is 0.549. The zero-order chi connectivity index (χ0) is 16.2. The fourth-order valence-corrected chi connectivity index (χ4v) is 2.89. The van der Waals surface area contributed by atoms with Gasteiger partial charge in [-0.05, 0) is 6.92 Å². The number of nitro benzene ring substituents is 1. The maximum absolute atomic E-state index is 12.5. The molecule has 0 spiro atoms. The lowest BCUT2D eigenvalue weighted by molar-refractivity contribution is -0.386. The summed E-state index contributed by atoms with van der Waals surface area (Å²) in [5.74, 6) is -2.02. The van der Waals surface area contributed by atoms with Crippen molar-refractivity contribution in [3.05, 3.63) is 67.2 Å². The summed E-state index contributed by atoms with van der Waals surface area (Å²) in [4.78, 5) is 35.3. The number of benzene rings is 2. The second-order valence-electron chi connectivity index (χ2n) is 4.85. The van der Waals surface area contributed by atoms with Gasteiger partial charge in [0.25, 0.3) is 0 Å². The minimum Gasteiger partial charge on any atom is -0.502 e. The summed E-state index contributed by atoms with van der Waals surface area (Å²) in [6.45, 7) is 1.32. The summed E-state index contributed by atoms with van der Waals surface area (Å²) >= 11 is 6.07. The lowest BCUT2D eigenvalue weighted by Gasteiger charge is -2.20. The predicted molar refractivity (Wildman–Crippen MR) is 77.8 cm³/mol. The molecule has 1 aliphatic rings. The van der Waals surface area contributed by atoms with Crippen molar-refractivity contribution in [2.24, 2.45) is 0 Å². The van der Waals surface area contributed by atoms with Crippen molar-refractivity contribution in [1.82, 2.24) is 0 Å². The number of nitro groups is 1. The summed E-state index contributed by atoms with van der Waals surface area (Å²) < 4.78 is 0. The summed E-state index contributed by atoms with van der Waals surface area (Å²) in [5, 5.41) is 21.1. The monoisotopic (exact) mass is 317 g/mol. The van der Waals surface area contributed by atoms with E-state index in [0.717, 1.165) is 0 Å². The molecule has 22 heavy (non-hydrogen) atoms. The van der Waals surface area contributed by atoms with E-state index in [9.17, 15) is 24.8 Å². The van der Waals surface area contributed by atoms with Crippen LogP contribution in [-0.4, -0.2) is 21.6 Å². The SMILES string of the molecule is Cc1c(Cl)c2c(c(O)c1[N+](=O)[O-])C(=O)c1ccccc1C2=O. The topological polar surface area (TPSA) is 97.5 Å². The Bertz CT molecular complexity index is 888. The number of aromatic hydroxyl groups is 1. The fraction of sp³-hybridized carbons (Fsp3) is 0.0667. The smallest absolute Gasteiger partial charge is 0.315 e. The summed E-state index contributed by atoms with van der Waals surface area (Å²) in [6, 6.07) is 6.07. The second kappa shape index (κ2) is 4.64. The number of nitrogens with zero attached hydrogens (tertiary/aromatic N) is 1. The highest BCUT2D eigenvalue weighted by molar-refractivity contribution is 6.40. The zero-order valence-electron chi connectivity index (χ0n) is 11.2. The van der Waals surface area contributed by atoms with Gasteiger partial charge in [0.2, 0.25) is 5.75 Å². The van der Waals surface area contributed by atoms with Crippen molar-refractivity contribution in [3.63, 3.8) is 0 Å². The number of carbonyl (C=O) groups is 2. The number of phenols is 1. The van der Waals surface area contributed by atoms with Crippen molar-refractivity contribution < 1.29 is 19.6 Å². The molecule has 110 valence electrons. The van der Waals surface area contributed by atoms with Gasteiger partial charge in [0, 0.05) is 11.1 Å². The van der Waals surface area contributed by atoms with Crippen molar-refractivity contribution >= 4 is 28.9 Å². The van der Waals surface area contributed by atoms with Gasteiger partial charge < -0.3 is 5.11 Å². The van der Waals surface area contributed by atoms with Crippen LogP contribution in [-0.2, 0) is 0 Å². The Morgan fingerprint density at radius 2 is 1.59 bits per heavy atom. The Balaban J connectivity index is 2.46. The molecule has 0 atom stereocenters. The number of hydrogen-bond donors (Lipinski definition) is 1. The van der Waals surface area contributed by atoms with Gasteiger partial charge in [-0.2, -0.15) is 0 Å². The Morgan fingerprint density at radius 1 is 1.09 bits per heavy atom. The molecule has 2 aromatic rings. The number of halogens is 1. The Morgan fingerprint density at radius 3 is 2.09 bits per heavy atom. The molecule has 0 unspecified atom stereocenters. The molecular weight excluding hydrogens is 310 g/mol. The molecule has 0 bridgehead atoms. The first-order chi connectivity index (χ1) is 10.4. The minimum atomic E-state index is -0.824. The number of hydrogen-bond acceptors (Lipinski definition) is 5. The van der Waals surface area contributed by atoms with E-state index in [4.69, 9.17) is 11.6 Å². The van der Waals surface area contributed by atoms with Gasteiger partial charge in [-0.15, -0.1) is 0 Å². The summed E-state index contributed by atoms with van der Waals surface area (Å²) in [5.41, 5.74) is -1.07. The van der Waals surface area contributed by atoms with Crippen LogP contribution in [0.15, 0.2) is 24.3 Å². The first-order valence-electron chi connectivity index (χ1n) is 6.24. The van der Waals surface area contributed by atoms with Crippen molar-refractivity contribution in [2.75, 3.05) is 0 Å². The number of rotatable bonds is 1. The largest absolute Gasteiger partial charge is 0.502 e. The third-order valence-electron chi connectivity index (χ3n) is 3.67. The van der Waals surface area contributed by atoms with Crippen molar-refractivity contribution in [3.8, 4) is 5.75 Å². The lowest BCUT2D eigenvalue weighted by Crippen LogP contribution is -2.22. The van der Waals surface area contributed by atoms with Crippen LogP contribution in [0.3, 0.4) is 0 Å². The molecule has 0 aromatic heterocycles. The highest BCUT2D eigenvalue weighted by Gasteiger charge is 2.39. The molecule has 2 aromatic carbocycles. The van der Waals surface area contributed by atoms with E-state index in [-0.39, 0.29) is 27.3 Å². The standard InChI is InChI=1S/C15H8ClNO5/c1-6-11(16)9-10(15(20)12(6)17(21)22)14(19)8-5-3-2-4-7(8)13(9)18/h2-5,20H,1H3. The van der Waals surface area contributed by atoms with Gasteiger partial charge in [-0.1, -0.05) is 35.9 Å². The molecule has 0 saturated carbocycles. The molecular formula is C15H8ClNO5. The van der Waals surface area contributed by atoms with E-state index in [1.807, 2.05) is 0 Å². The number of phenolic OH excluding ortho intramolecular Hbond substituents is 1. The van der Waals surface area contributed by atoms with E-state index >= 15 is 0 Å². The average Bonchev–Trinajstić information content (AvgIpc) is 2.48. The Hall–Kier alpha value is -2.73. The molecule has 7 heteroatoms. The van der Waals surface area contributed by atoms with Crippen molar-refractivity contribution in [1.29, 1.82) is 0 Å². The maximum Gasteiger partial charge on any atom is 0.315 e. The molecule has 1 N–H and O–H groups in total. The Kier molecular flexibility index (Phi) is 3.00. The molecule has 0 radical (unpaired) electrons. The summed E-state index contributed by atoms with van der Waals surface area (Å²) in [6.07, 6.45) is 0. The third kappa shape index (κ3) is 1.67. The minimum absolute atomic E-state index is 0.0524. The van der Waals surface area contributed by atoms with Crippen LogP contribution in [0.5, 0.6) is 5.75 Å². The second-order valence-corrected chi connectivity index (χ2v) is 5.23. The van der Waals surface area contributed by atoms with E-state index in [0.29, 0.717) is 0 Å². The van der Waals surface area contributed by atoms with Crippen molar-refractivity contribution in [2.45, 2.75) is 6.92 Å². The van der Waals surface area contributed by atoms with Crippen LogP contribution in [0.1, 0.15) is 37.4 Å². The zero-order valence-corrected chi connectivity index (χ0v) is 12.0. The fourth-order valence-electron chi connectivity index (χ4n) is 2.62. The van der Waals surface area contributed by atoms with Gasteiger partial charge in [0.05, 0.1) is 26.6 Å². The molecule has 0 saturated heterocycles. The van der Waals surface area contributed by atoms with Gasteiger partial charge >= 0.3 is 5.69 Å². The highest BCUT2D eigenvalue weighted by Crippen LogP contribution is 2.45. The highest BCUT2D eigenvalue weighted by atomic mass is 35.5. The van der Waals surface area contributed by atoms with E-state index in [1.165, 1.54) is 19.1 Å². The molecule has 0 amide bonds. The van der Waals surface area contributed by atoms with Gasteiger partial charge in [-0.25, -0.2) is 0 Å². The van der Waals surface area contributed by atoms with Gasteiger partial charge in [-0.3, -0.25) is 19.7 Å². The molecule has 0 aliphatic heterocycles. The lowest BCUT2D eigenvalue weighted by atomic mass is 9.82. The van der Waals surface area contributed by atoms with Gasteiger partial charge in [0.15, 0.2) is 11.6 Å². The third-order valence-corrected chi connectivity index (χ3v) is 4.14. The molecule has 6 nitrogen and oxygen atoms in total. The van der Waals surface area contributed by atoms with E-state index in [1.54, 1.807) is 12.1 Å². The molecule has 3 rings (SSSR count).